The smallest absolute Gasteiger partial charge is 0.286 e. The van der Waals surface area contributed by atoms with E-state index < -0.39 is 0 Å². The number of rotatable bonds is 1. The van der Waals surface area contributed by atoms with E-state index in [2.05, 4.69) is 9.89 Å². The monoisotopic (exact) mass is 292 g/mol. The van der Waals surface area contributed by atoms with Crippen molar-refractivity contribution in [1.82, 2.24) is 4.90 Å². The Morgan fingerprint density at radius 2 is 2.00 bits per heavy atom. The van der Waals surface area contributed by atoms with E-state index in [-0.39, 0.29) is 5.91 Å². The SMILES string of the molecule is O=C1N=C(N2CCCC2)S/C1=C\c1ccccc1Cl. The van der Waals surface area contributed by atoms with Crippen molar-refractivity contribution in [3.63, 3.8) is 0 Å². The lowest BCUT2D eigenvalue weighted by Gasteiger charge is -2.14. The van der Waals surface area contributed by atoms with Gasteiger partial charge in [-0.15, -0.1) is 0 Å². The van der Waals surface area contributed by atoms with Crippen LogP contribution < -0.4 is 0 Å². The molecule has 0 saturated carbocycles. The van der Waals surface area contributed by atoms with Gasteiger partial charge in [0.25, 0.3) is 5.91 Å². The summed E-state index contributed by atoms with van der Waals surface area (Å²) in [4.78, 5) is 18.9. The maximum absolute atomic E-state index is 11.9. The number of benzene rings is 1. The number of carbonyl (C=O) groups is 1. The predicted octanol–water partition coefficient (Wildman–Crippen LogP) is 3.41. The number of amidine groups is 1. The Balaban J connectivity index is 1.81. The van der Waals surface area contributed by atoms with Crippen LogP contribution in [-0.4, -0.2) is 29.1 Å². The van der Waals surface area contributed by atoms with E-state index in [9.17, 15) is 4.79 Å². The summed E-state index contributed by atoms with van der Waals surface area (Å²) < 4.78 is 0. The molecule has 2 aliphatic heterocycles. The van der Waals surface area contributed by atoms with Gasteiger partial charge >= 0.3 is 0 Å². The van der Waals surface area contributed by atoms with Gasteiger partial charge in [0.15, 0.2) is 5.17 Å². The first-order valence-electron chi connectivity index (χ1n) is 6.26. The summed E-state index contributed by atoms with van der Waals surface area (Å²) in [5, 5.41) is 1.49. The molecule has 3 rings (SSSR count). The maximum atomic E-state index is 11.9. The van der Waals surface area contributed by atoms with Crippen molar-refractivity contribution in [2.75, 3.05) is 13.1 Å². The number of thioether (sulfide) groups is 1. The standard InChI is InChI=1S/C14H13ClN2OS/c15-11-6-2-1-5-10(11)9-12-13(18)16-14(19-12)17-7-3-4-8-17/h1-2,5-6,9H,3-4,7-8H2/b12-9-. The molecule has 5 heteroatoms. The van der Waals surface area contributed by atoms with E-state index in [0.717, 1.165) is 23.8 Å². The van der Waals surface area contributed by atoms with Crippen LogP contribution in [-0.2, 0) is 4.79 Å². The third-order valence-electron chi connectivity index (χ3n) is 3.18. The van der Waals surface area contributed by atoms with Gasteiger partial charge in [-0.3, -0.25) is 4.79 Å². The number of carbonyl (C=O) groups excluding carboxylic acids is 1. The largest absolute Gasteiger partial charge is 0.351 e. The fourth-order valence-corrected chi connectivity index (χ4v) is 3.32. The number of hydrogen-bond donors (Lipinski definition) is 0. The Kier molecular flexibility index (Phi) is 3.62. The first-order valence-corrected chi connectivity index (χ1v) is 7.45. The van der Waals surface area contributed by atoms with Gasteiger partial charge in [0.1, 0.15) is 0 Å². The van der Waals surface area contributed by atoms with Crippen LogP contribution >= 0.6 is 23.4 Å². The molecule has 1 aromatic carbocycles. The first kappa shape index (κ1) is 12.8. The number of halogens is 1. The molecule has 0 spiro atoms. The fourth-order valence-electron chi connectivity index (χ4n) is 2.18. The van der Waals surface area contributed by atoms with Crippen molar-refractivity contribution in [1.29, 1.82) is 0 Å². The van der Waals surface area contributed by atoms with Gasteiger partial charge in [-0.05, 0) is 42.3 Å². The van der Waals surface area contributed by atoms with Crippen molar-refractivity contribution in [2.24, 2.45) is 4.99 Å². The van der Waals surface area contributed by atoms with Crippen LogP contribution in [0.4, 0.5) is 0 Å². The minimum Gasteiger partial charge on any atom is -0.351 e. The van der Waals surface area contributed by atoms with Gasteiger partial charge in [0.05, 0.1) is 4.91 Å². The zero-order valence-corrected chi connectivity index (χ0v) is 11.9. The van der Waals surface area contributed by atoms with E-state index in [1.54, 1.807) is 0 Å². The Bertz CT molecular complexity index is 577. The minimum absolute atomic E-state index is 0.160. The molecule has 0 aromatic heterocycles. The maximum Gasteiger partial charge on any atom is 0.286 e. The van der Waals surface area contributed by atoms with E-state index in [0.29, 0.717) is 9.93 Å². The van der Waals surface area contributed by atoms with Crippen molar-refractivity contribution < 1.29 is 4.79 Å². The quantitative estimate of drug-likeness (QED) is 0.744. The Hall–Kier alpha value is -1.26. The summed E-state index contributed by atoms with van der Waals surface area (Å²) in [6, 6.07) is 7.50. The lowest BCUT2D eigenvalue weighted by molar-refractivity contribution is -0.113. The molecular formula is C14H13ClN2OS. The van der Waals surface area contributed by atoms with Crippen LogP contribution in [0.15, 0.2) is 34.2 Å². The van der Waals surface area contributed by atoms with Crippen molar-refractivity contribution >= 4 is 40.5 Å². The summed E-state index contributed by atoms with van der Waals surface area (Å²) in [6.07, 6.45) is 4.18. The van der Waals surface area contributed by atoms with Crippen molar-refractivity contribution in [2.45, 2.75) is 12.8 Å². The molecule has 0 N–H and O–H groups in total. The molecule has 19 heavy (non-hydrogen) atoms. The predicted molar refractivity (Wildman–Crippen MR) is 80.3 cm³/mol. The van der Waals surface area contributed by atoms with Gasteiger partial charge in [-0.1, -0.05) is 29.8 Å². The lowest BCUT2D eigenvalue weighted by atomic mass is 10.2. The second-order valence-corrected chi connectivity index (χ2v) is 5.94. The number of amides is 1. The molecule has 0 bridgehead atoms. The third-order valence-corrected chi connectivity index (χ3v) is 4.57. The number of hydrogen-bond acceptors (Lipinski definition) is 3. The average Bonchev–Trinajstić information content (AvgIpc) is 3.02. The van der Waals surface area contributed by atoms with Crippen LogP contribution in [0.3, 0.4) is 0 Å². The minimum atomic E-state index is -0.160. The highest BCUT2D eigenvalue weighted by Gasteiger charge is 2.27. The summed E-state index contributed by atoms with van der Waals surface area (Å²) >= 11 is 7.55. The lowest BCUT2D eigenvalue weighted by Crippen LogP contribution is -2.23. The average molecular weight is 293 g/mol. The summed E-state index contributed by atoms with van der Waals surface area (Å²) in [7, 11) is 0. The van der Waals surface area contributed by atoms with E-state index in [1.165, 1.54) is 24.6 Å². The van der Waals surface area contributed by atoms with Gasteiger partial charge in [0, 0.05) is 18.1 Å². The van der Waals surface area contributed by atoms with E-state index in [1.807, 2.05) is 30.3 Å². The second-order valence-electron chi connectivity index (χ2n) is 4.53. The molecule has 0 atom stereocenters. The summed E-state index contributed by atoms with van der Waals surface area (Å²) in [6.45, 7) is 2.00. The Labute approximate surface area is 121 Å². The highest BCUT2D eigenvalue weighted by atomic mass is 35.5. The topological polar surface area (TPSA) is 32.7 Å². The van der Waals surface area contributed by atoms with Crippen molar-refractivity contribution in [3.05, 3.63) is 39.8 Å². The highest BCUT2D eigenvalue weighted by molar-refractivity contribution is 8.18. The zero-order chi connectivity index (χ0) is 13.2. The molecule has 98 valence electrons. The molecule has 1 aromatic rings. The second kappa shape index (κ2) is 5.39. The summed E-state index contributed by atoms with van der Waals surface area (Å²) in [5.74, 6) is -0.160. The van der Waals surface area contributed by atoms with Crippen LogP contribution in [0.2, 0.25) is 5.02 Å². The molecule has 1 saturated heterocycles. The molecule has 0 unspecified atom stereocenters. The zero-order valence-electron chi connectivity index (χ0n) is 10.3. The Morgan fingerprint density at radius 3 is 2.74 bits per heavy atom. The van der Waals surface area contributed by atoms with E-state index >= 15 is 0 Å². The van der Waals surface area contributed by atoms with Gasteiger partial charge in [-0.25, -0.2) is 0 Å². The third kappa shape index (κ3) is 2.69. The van der Waals surface area contributed by atoms with Crippen LogP contribution in [0, 0.1) is 0 Å². The number of nitrogens with zero attached hydrogens (tertiary/aromatic N) is 2. The normalized spacial score (nSPS) is 21.3. The highest BCUT2D eigenvalue weighted by Crippen LogP contribution is 2.32. The van der Waals surface area contributed by atoms with Gasteiger partial charge in [-0.2, -0.15) is 4.99 Å². The molecule has 0 aliphatic carbocycles. The fraction of sp³-hybridized carbons (Fsp3) is 0.286. The molecule has 3 nitrogen and oxygen atoms in total. The van der Waals surface area contributed by atoms with Crippen molar-refractivity contribution in [3.8, 4) is 0 Å². The molecule has 1 amide bonds. The molecule has 2 heterocycles. The van der Waals surface area contributed by atoms with Crippen LogP contribution in [0.25, 0.3) is 6.08 Å². The number of aliphatic imine (C=N–C) groups is 1. The molecule has 1 fully saturated rings. The van der Waals surface area contributed by atoms with Crippen LogP contribution in [0.5, 0.6) is 0 Å². The first-order chi connectivity index (χ1) is 9.24. The molecule has 2 aliphatic rings. The van der Waals surface area contributed by atoms with Gasteiger partial charge < -0.3 is 4.90 Å². The molecule has 0 radical (unpaired) electrons. The van der Waals surface area contributed by atoms with Gasteiger partial charge in [0.2, 0.25) is 0 Å². The Morgan fingerprint density at radius 1 is 1.26 bits per heavy atom. The van der Waals surface area contributed by atoms with Crippen LogP contribution in [0.1, 0.15) is 18.4 Å². The number of likely N-dealkylation sites (tertiary alicyclic amines) is 1. The molecular weight excluding hydrogens is 280 g/mol. The summed E-state index contributed by atoms with van der Waals surface area (Å²) in [5.41, 5.74) is 0.859. The van der Waals surface area contributed by atoms with E-state index in [4.69, 9.17) is 11.6 Å².